The molecule has 1 atom stereocenters. The van der Waals surface area contributed by atoms with Crippen LogP contribution in [0.4, 0.5) is 0 Å². The molecule has 0 saturated heterocycles. The molecule has 5 nitrogen and oxygen atoms in total. The van der Waals surface area contributed by atoms with E-state index < -0.39 is 9.84 Å². The normalized spacial score (nSPS) is 13.9. The number of sulfone groups is 1. The van der Waals surface area contributed by atoms with Crippen molar-refractivity contribution in [1.82, 2.24) is 9.78 Å². The highest BCUT2D eigenvalue weighted by molar-refractivity contribution is 7.90. The average Bonchev–Trinajstić information content (AvgIpc) is 2.64. The lowest BCUT2D eigenvalue weighted by Crippen LogP contribution is -2.17. The van der Waals surface area contributed by atoms with Crippen LogP contribution >= 0.6 is 0 Å². The fourth-order valence-corrected chi connectivity index (χ4v) is 2.47. The fraction of sp³-hybridized carbons (Fsp3) is 0.700. The molecular formula is C10H19N3O2S. The van der Waals surface area contributed by atoms with Crippen molar-refractivity contribution in [3.63, 3.8) is 0 Å². The molecule has 1 heterocycles. The summed E-state index contributed by atoms with van der Waals surface area (Å²) in [7, 11) is -3.10. The van der Waals surface area contributed by atoms with Gasteiger partial charge < -0.3 is 5.73 Å². The first-order valence-electron chi connectivity index (χ1n) is 5.43. The van der Waals surface area contributed by atoms with Crippen molar-refractivity contribution in [3.8, 4) is 0 Å². The van der Waals surface area contributed by atoms with Gasteiger partial charge in [0.2, 0.25) is 0 Å². The fourth-order valence-electron chi connectivity index (χ4n) is 1.36. The van der Waals surface area contributed by atoms with Crippen molar-refractivity contribution in [3.05, 3.63) is 18.0 Å². The van der Waals surface area contributed by atoms with Crippen molar-refractivity contribution >= 4 is 9.84 Å². The minimum atomic E-state index is -3.10. The molecule has 0 fully saturated rings. The Morgan fingerprint density at radius 3 is 2.81 bits per heavy atom. The predicted molar refractivity (Wildman–Crippen MR) is 63.8 cm³/mol. The van der Waals surface area contributed by atoms with Gasteiger partial charge in [-0.2, -0.15) is 5.10 Å². The molecule has 92 valence electrons. The number of aromatic nitrogens is 2. The van der Waals surface area contributed by atoms with E-state index in [0.29, 0.717) is 11.7 Å². The van der Waals surface area contributed by atoms with Crippen LogP contribution in [0, 0.1) is 0 Å². The number of nitrogens with zero attached hydrogens (tertiary/aromatic N) is 2. The summed E-state index contributed by atoms with van der Waals surface area (Å²) in [6.45, 7) is 4.27. The van der Waals surface area contributed by atoms with Gasteiger partial charge in [0.15, 0.2) is 9.84 Å². The van der Waals surface area contributed by atoms with Crippen molar-refractivity contribution in [1.29, 1.82) is 0 Å². The topological polar surface area (TPSA) is 78.0 Å². The Bertz CT molecular complexity index is 425. The highest BCUT2D eigenvalue weighted by atomic mass is 32.2. The minimum Gasteiger partial charge on any atom is -0.329 e. The van der Waals surface area contributed by atoms with E-state index in [4.69, 9.17) is 5.73 Å². The third-order valence-corrected chi connectivity index (χ3v) is 4.10. The molecule has 1 aromatic heterocycles. The van der Waals surface area contributed by atoms with Gasteiger partial charge in [0, 0.05) is 18.8 Å². The summed E-state index contributed by atoms with van der Waals surface area (Å²) in [5, 5.41) is 4.25. The molecule has 0 saturated carbocycles. The van der Waals surface area contributed by atoms with Gasteiger partial charge in [0.05, 0.1) is 17.2 Å². The Morgan fingerprint density at radius 2 is 2.25 bits per heavy atom. The van der Waals surface area contributed by atoms with Crippen LogP contribution in [0.15, 0.2) is 12.3 Å². The summed E-state index contributed by atoms with van der Waals surface area (Å²) in [5.74, 6) is -0.00315. The zero-order valence-corrected chi connectivity index (χ0v) is 10.6. The summed E-state index contributed by atoms with van der Waals surface area (Å²) in [4.78, 5) is 0. The first-order chi connectivity index (χ1) is 7.48. The van der Waals surface area contributed by atoms with Crippen LogP contribution in [-0.4, -0.2) is 30.5 Å². The Hall–Kier alpha value is -0.880. The van der Waals surface area contributed by atoms with Gasteiger partial charge in [-0.05, 0) is 19.4 Å². The molecule has 0 radical (unpaired) electrons. The van der Waals surface area contributed by atoms with Crippen molar-refractivity contribution < 1.29 is 8.42 Å². The Labute approximate surface area is 96.6 Å². The molecule has 0 aliphatic rings. The van der Waals surface area contributed by atoms with Gasteiger partial charge >= 0.3 is 0 Å². The van der Waals surface area contributed by atoms with Crippen LogP contribution in [0.5, 0.6) is 0 Å². The molecule has 2 N–H and O–H groups in total. The van der Waals surface area contributed by atoms with Crippen molar-refractivity contribution in [2.75, 3.05) is 12.3 Å². The van der Waals surface area contributed by atoms with Crippen LogP contribution in [0.3, 0.4) is 0 Å². The van der Waals surface area contributed by atoms with E-state index >= 15 is 0 Å². The lowest BCUT2D eigenvalue weighted by atomic mass is 10.3. The van der Waals surface area contributed by atoms with Gasteiger partial charge in [0.25, 0.3) is 0 Å². The average molecular weight is 245 g/mol. The summed E-state index contributed by atoms with van der Waals surface area (Å²) in [6.07, 6.45) is 2.79. The molecule has 0 aromatic carbocycles. The van der Waals surface area contributed by atoms with E-state index in [9.17, 15) is 8.42 Å². The summed E-state index contributed by atoms with van der Waals surface area (Å²) >= 11 is 0. The zero-order chi connectivity index (χ0) is 12.2. The quantitative estimate of drug-likeness (QED) is 0.801. The van der Waals surface area contributed by atoms with Gasteiger partial charge in [0.1, 0.15) is 0 Å². The van der Waals surface area contributed by atoms with Crippen LogP contribution in [0.1, 0.15) is 32.0 Å². The maximum Gasteiger partial charge on any atom is 0.157 e. The van der Waals surface area contributed by atoms with Crippen LogP contribution < -0.4 is 5.73 Å². The molecule has 0 spiro atoms. The van der Waals surface area contributed by atoms with E-state index in [1.165, 1.54) is 0 Å². The van der Waals surface area contributed by atoms with Crippen LogP contribution in [-0.2, 0) is 15.6 Å². The largest absolute Gasteiger partial charge is 0.329 e. The predicted octanol–water partition coefficient (Wildman–Crippen LogP) is 0.728. The third kappa shape index (κ3) is 3.61. The number of hydrogen-bond acceptors (Lipinski definition) is 4. The maximum absolute atomic E-state index is 11.5. The maximum atomic E-state index is 11.5. The van der Waals surface area contributed by atoms with E-state index in [0.717, 1.165) is 6.42 Å². The van der Waals surface area contributed by atoms with E-state index in [1.807, 2.05) is 13.1 Å². The first kappa shape index (κ1) is 13.2. The van der Waals surface area contributed by atoms with Crippen LogP contribution in [0.25, 0.3) is 0 Å². The first-order valence-corrected chi connectivity index (χ1v) is 7.25. The smallest absolute Gasteiger partial charge is 0.157 e. The number of hydrogen-bond donors (Lipinski definition) is 1. The van der Waals surface area contributed by atoms with Crippen molar-refractivity contribution in [2.45, 2.75) is 32.1 Å². The molecule has 0 aliphatic carbocycles. The van der Waals surface area contributed by atoms with Gasteiger partial charge in [-0.25, -0.2) is 8.42 Å². The monoisotopic (exact) mass is 245 g/mol. The van der Waals surface area contributed by atoms with Gasteiger partial charge in [-0.1, -0.05) is 6.92 Å². The van der Waals surface area contributed by atoms with Gasteiger partial charge in [-0.3, -0.25) is 4.68 Å². The second kappa shape index (κ2) is 5.45. The molecule has 16 heavy (non-hydrogen) atoms. The Balaban J connectivity index is 2.72. The van der Waals surface area contributed by atoms with E-state index in [1.54, 1.807) is 10.7 Å². The van der Waals surface area contributed by atoms with Gasteiger partial charge in [-0.15, -0.1) is 0 Å². The van der Waals surface area contributed by atoms with E-state index in [-0.39, 0.29) is 18.1 Å². The highest BCUT2D eigenvalue weighted by Gasteiger charge is 2.13. The third-order valence-electron chi connectivity index (χ3n) is 2.50. The standard InChI is InChI=1S/C10H19N3O2S/c1-3-9(2)13-6-4-10(12-13)8-16(14,15)7-5-11/h4,6,9H,3,5,7-8,11H2,1-2H3. The summed E-state index contributed by atoms with van der Waals surface area (Å²) in [6, 6.07) is 2.05. The van der Waals surface area contributed by atoms with E-state index in [2.05, 4.69) is 12.0 Å². The van der Waals surface area contributed by atoms with Crippen molar-refractivity contribution in [2.24, 2.45) is 5.73 Å². The zero-order valence-electron chi connectivity index (χ0n) is 9.76. The molecule has 1 unspecified atom stereocenters. The second-order valence-electron chi connectivity index (χ2n) is 3.93. The number of nitrogens with two attached hydrogens (primary N) is 1. The van der Waals surface area contributed by atoms with Crippen LogP contribution in [0.2, 0.25) is 0 Å². The SMILES string of the molecule is CCC(C)n1ccc(CS(=O)(=O)CCN)n1. The Morgan fingerprint density at radius 1 is 1.56 bits per heavy atom. The molecule has 6 heteroatoms. The molecule has 1 rings (SSSR count). The summed E-state index contributed by atoms with van der Waals surface area (Å²) in [5.41, 5.74) is 5.83. The molecular weight excluding hydrogens is 226 g/mol. The molecule has 0 bridgehead atoms. The molecule has 1 aromatic rings. The molecule has 0 amide bonds. The summed E-state index contributed by atoms with van der Waals surface area (Å²) < 4.78 is 24.8. The number of rotatable bonds is 6. The molecule has 0 aliphatic heterocycles. The lowest BCUT2D eigenvalue weighted by molar-refractivity contribution is 0.475. The highest BCUT2D eigenvalue weighted by Crippen LogP contribution is 2.11. The second-order valence-corrected chi connectivity index (χ2v) is 6.11. The minimum absolute atomic E-state index is 0.0171. The lowest BCUT2D eigenvalue weighted by Gasteiger charge is -2.08. The Kier molecular flexibility index (Phi) is 4.49.